The van der Waals surface area contributed by atoms with Gasteiger partial charge in [0, 0.05) is 24.0 Å². The van der Waals surface area contributed by atoms with Gasteiger partial charge in [0.25, 0.3) is 5.91 Å². The number of carbonyl (C=O) groups excluding carboxylic acids is 2. The third-order valence-electron chi connectivity index (χ3n) is 3.76. The van der Waals surface area contributed by atoms with Crippen LogP contribution in [0.4, 0.5) is 5.69 Å². The highest BCUT2D eigenvalue weighted by Crippen LogP contribution is 2.35. The molecule has 0 radical (unpaired) electrons. The summed E-state index contributed by atoms with van der Waals surface area (Å²) in [5.41, 5.74) is 1.39. The van der Waals surface area contributed by atoms with Crippen molar-refractivity contribution in [2.24, 2.45) is 0 Å². The molecule has 0 aliphatic carbocycles. The third kappa shape index (κ3) is 3.33. The lowest BCUT2D eigenvalue weighted by Gasteiger charge is -2.33. The highest BCUT2D eigenvalue weighted by molar-refractivity contribution is 6.31. The van der Waals surface area contributed by atoms with Crippen molar-refractivity contribution in [1.29, 1.82) is 0 Å². The van der Waals surface area contributed by atoms with E-state index in [1.807, 2.05) is 6.07 Å². The largest absolute Gasteiger partial charge is 0.482 e. The second-order valence-electron chi connectivity index (χ2n) is 5.42. The van der Waals surface area contributed by atoms with Gasteiger partial charge in [-0.2, -0.15) is 0 Å². The van der Waals surface area contributed by atoms with Crippen LogP contribution in [0.3, 0.4) is 0 Å². The highest BCUT2D eigenvalue weighted by Gasteiger charge is 2.33. The lowest BCUT2D eigenvalue weighted by atomic mass is 10.1. The molecule has 2 amide bonds. The van der Waals surface area contributed by atoms with Crippen molar-refractivity contribution in [3.63, 3.8) is 0 Å². The van der Waals surface area contributed by atoms with Crippen molar-refractivity contribution in [3.8, 4) is 5.75 Å². The third-order valence-corrected chi connectivity index (χ3v) is 3.99. The van der Waals surface area contributed by atoms with Crippen molar-refractivity contribution in [3.05, 3.63) is 53.3 Å². The number of halogens is 1. The molecule has 124 valence electrons. The molecule has 1 N–H and O–H groups in total. The summed E-state index contributed by atoms with van der Waals surface area (Å²) in [5.74, 6) is -0.0141. The minimum atomic E-state index is -0.685. The first-order valence-electron chi connectivity index (χ1n) is 7.47. The number of nitrogens with one attached hydrogen (secondary N) is 1. The van der Waals surface area contributed by atoms with E-state index in [-0.39, 0.29) is 18.4 Å². The zero-order chi connectivity index (χ0) is 17.1. The predicted octanol–water partition coefficient (Wildman–Crippen LogP) is 2.17. The molecular formula is C17H16ClN3O3. The molecule has 7 heteroatoms. The van der Waals surface area contributed by atoms with Crippen molar-refractivity contribution < 1.29 is 14.3 Å². The molecule has 0 bridgehead atoms. The fraction of sp³-hybridized carbons (Fsp3) is 0.235. The van der Waals surface area contributed by atoms with Gasteiger partial charge in [0.2, 0.25) is 5.91 Å². The summed E-state index contributed by atoms with van der Waals surface area (Å²) in [5, 5.41) is 3.29. The summed E-state index contributed by atoms with van der Waals surface area (Å²) in [6.07, 6.45) is 3.35. The number of hydrogen-bond acceptors (Lipinski definition) is 4. The molecule has 1 atom stereocenters. The Morgan fingerprint density at radius 3 is 3.04 bits per heavy atom. The molecule has 1 aliphatic heterocycles. The van der Waals surface area contributed by atoms with Crippen molar-refractivity contribution in [2.75, 3.05) is 11.5 Å². The van der Waals surface area contributed by atoms with Gasteiger partial charge in [-0.25, -0.2) is 0 Å². The number of fused-ring (bicyclic) bond motifs is 1. The van der Waals surface area contributed by atoms with Gasteiger partial charge in [0.05, 0.1) is 5.69 Å². The number of benzene rings is 1. The van der Waals surface area contributed by atoms with Gasteiger partial charge >= 0.3 is 0 Å². The highest BCUT2D eigenvalue weighted by atomic mass is 35.5. The zero-order valence-electron chi connectivity index (χ0n) is 13.0. The fourth-order valence-electron chi connectivity index (χ4n) is 2.53. The van der Waals surface area contributed by atoms with Crippen molar-refractivity contribution in [2.45, 2.75) is 19.5 Å². The molecule has 3 rings (SSSR count). The monoisotopic (exact) mass is 345 g/mol. The molecule has 6 nitrogen and oxygen atoms in total. The Hall–Kier alpha value is -2.60. The Bertz CT molecular complexity index is 767. The first kappa shape index (κ1) is 16.3. The van der Waals surface area contributed by atoms with Crippen LogP contribution in [0.1, 0.15) is 12.5 Å². The minimum Gasteiger partial charge on any atom is -0.482 e. The van der Waals surface area contributed by atoms with Gasteiger partial charge in [-0.05, 0) is 36.8 Å². The normalized spacial score (nSPS) is 14.6. The smallest absolute Gasteiger partial charge is 0.265 e. The molecule has 0 unspecified atom stereocenters. The van der Waals surface area contributed by atoms with E-state index in [9.17, 15) is 9.59 Å². The molecule has 0 spiro atoms. The first-order valence-corrected chi connectivity index (χ1v) is 7.85. The van der Waals surface area contributed by atoms with Crippen LogP contribution in [0, 0.1) is 0 Å². The number of rotatable bonds is 4. The van der Waals surface area contributed by atoms with E-state index >= 15 is 0 Å². The topological polar surface area (TPSA) is 71.5 Å². The van der Waals surface area contributed by atoms with E-state index in [4.69, 9.17) is 16.3 Å². The van der Waals surface area contributed by atoms with Gasteiger partial charge in [-0.3, -0.25) is 19.5 Å². The van der Waals surface area contributed by atoms with Crippen LogP contribution in [0.25, 0.3) is 0 Å². The Labute approximate surface area is 144 Å². The van der Waals surface area contributed by atoms with Gasteiger partial charge in [0.1, 0.15) is 11.8 Å². The molecule has 0 saturated heterocycles. The summed E-state index contributed by atoms with van der Waals surface area (Å²) in [7, 11) is 0. The summed E-state index contributed by atoms with van der Waals surface area (Å²) >= 11 is 6.01. The van der Waals surface area contributed by atoms with Gasteiger partial charge in [0.15, 0.2) is 6.61 Å². The summed E-state index contributed by atoms with van der Waals surface area (Å²) in [6, 6.07) is 7.98. The van der Waals surface area contributed by atoms with E-state index in [0.717, 1.165) is 5.56 Å². The minimum absolute atomic E-state index is 0.102. The maximum absolute atomic E-state index is 12.5. The van der Waals surface area contributed by atoms with E-state index < -0.39 is 6.04 Å². The molecule has 1 aromatic heterocycles. The van der Waals surface area contributed by atoms with Crippen LogP contribution in [-0.2, 0) is 16.1 Å². The Kier molecular flexibility index (Phi) is 4.66. The Morgan fingerprint density at radius 2 is 2.29 bits per heavy atom. The number of amides is 2. The second-order valence-corrected chi connectivity index (χ2v) is 5.86. The molecule has 2 heterocycles. The van der Waals surface area contributed by atoms with Crippen molar-refractivity contribution >= 4 is 29.1 Å². The average Bonchev–Trinajstić information content (AvgIpc) is 2.60. The lowest BCUT2D eigenvalue weighted by molar-refractivity contribution is -0.127. The van der Waals surface area contributed by atoms with E-state index in [1.54, 1.807) is 43.6 Å². The van der Waals surface area contributed by atoms with Crippen molar-refractivity contribution in [1.82, 2.24) is 10.3 Å². The van der Waals surface area contributed by atoms with Gasteiger partial charge in [-0.15, -0.1) is 0 Å². The first-order chi connectivity index (χ1) is 11.6. The van der Waals surface area contributed by atoms with E-state index in [0.29, 0.717) is 23.0 Å². The number of aromatic nitrogens is 1. The number of carbonyl (C=O) groups is 2. The SMILES string of the molecule is C[C@H](C(=O)NCc1cccnc1)N1C(=O)COc2ccc(Cl)cc21. The molecule has 0 saturated carbocycles. The number of nitrogens with zero attached hydrogens (tertiary/aromatic N) is 2. The lowest BCUT2D eigenvalue weighted by Crippen LogP contribution is -2.51. The maximum Gasteiger partial charge on any atom is 0.265 e. The molecular weight excluding hydrogens is 330 g/mol. The quantitative estimate of drug-likeness (QED) is 0.921. The second kappa shape index (κ2) is 6.88. The van der Waals surface area contributed by atoms with Gasteiger partial charge in [-0.1, -0.05) is 17.7 Å². The van der Waals surface area contributed by atoms with Gasteiger partial charge < -0.3 is 10.1 Å². The van der Waals surface area contributed by atoms with Crippen LogP contribution in [0.5, 0.6) is 5.75 Å². The summed E-state index contributed by atoms with van der Waals surface area (Å²) in [6.45, 7) is 1.92. The van der Waals surface area contributed by atoms with E-state index in [1.165, 1.54) is 4.90 Å². The van der Waals surface area contributed by atoms with E-state index in [2.05, 4.69) is 10.3 Å². The summed E-state index contributed by atoms with van der Waals surface area (Å²) in [4.78, 5) is 30.1. The standard InChI is InChI=1S/C17H16ClN3O3/c1-11(17(23)20-9-12-3-2-6-19-8-12)21-14-7-13(18)4-5-15(14)24-10-16(21)22/h2-8,11H,9-10H2,1H3,(H,20,23)/t11-/m1/s1. The molecule has 24 heavy (non-hydrogen) atoms. The Balaban J connectivity index is 1.76. The number of hydrogen-bond donors (Lipinski definition) is 1. The average molecular weight is 346 g/mol. The Morgan fingerprint density at radius 1 is 1.46 bits per heavy atom. The molecule has 0 fully saturated rings. The van der Waals surface area contributed by atoms with Crippen LogP contribution in [0.15, 0.2) is 42.7 Å². The zero-order valence-corrected chi connectivity index (χ0v) is 13.8. The molecule has 1 aromatic carbocycles. The van der Waals surface area contributed by atoms with Crippen LogP contribution < -0.4 is 15.0 Å². The number of ether oxygens (including phenoxy) is 1. The molecule has 2 aromatic rings. The number of pyridine rings is 1. The fourth-order valence-corrected chi connectivity index (χ4v) is 2.69. The van der Waals surface area contributed by atoms with Crippen LogP contribution >= 0.6 is 11.6 Å². The maximum atomic E-state index is 12.5. The number of anilines is 1. The summed E-state index contributed by atoms with van der Waals surface area (Å²) < 4.78 is 5.39. The van der Waals surface area contributed by atoms with Crippen LogP contribution in [-0.4, -0.2) is 29.4 Å². The predicted molar refractivity (Wildman–Crippen MR) is 90.0 cm³/mol. The van der Waals surface area contributed by atoms with Crippen LogP contribution in [0.2, 0.25) is 5.02 Å². The molecule has 1 aliphatic rings.